The molecule has 0 aliphatic rings. The number of carbonyl (C=O) groups excluding carboxylic acids is 2. The fourth-order valence-electron chi connectivity index (χ4n) is 3.57. The number of hydrazine groups is 1. The summed E-state index contributed by atoms with van der Waals surface area (Å²) in [5.41, 5.74) is 8.07. The number of benzene rings is 3. The molecule has 0 fully saturated rings. The fourth-order valence-corrected chi connectivity index (χ4v) is 3.57. The first-order valence-corrected chi connectivity index (χ1v) is 10.5. The van der Waals surface area contributed by atoms with Crippen molar-refractivity contribution in [3.8, 4) is 16.9 Å². The Bertz CT molecular complexity index is 1270. The molecule has 1 heterocycles. The summed E-state index contributed by atoms with van der Waals surface area (Å²) in [6, 6.07) is 24.7. The lowest BCUT2D eigenvalue weighted by Crippen LogP contribution is -2.44. The van der Waals surface area contributed by atoms with Gasteiger partial charge in [-0.2, -0.15) is 0 Å². The Kier molecular flexibility index (Phi) is 6.71. The largest absolute Gasteiger partial charge is 0.483 e. The number of carbonyl (C=O) groups is 2. The average molecular weight is 444 g/mol. The maximum absolute atomic E-state index is 12.8. The van der Waals surface area contributed by atoms with Crippen molar-refractivity contribution in [2.24, 2.45) is 0 Å². The number of amides is 2. The standard InChI is InChI=1S/C26H25N3O4/c1-29(2)16-21-20-13-7-9-15-23(20)33-25(21)26(31)28-27-24(30)17-32-22-14-8-6-12-19(22)18-10-4-3-5-11-18/h3-15H,16-17H2,1-2H3,(H,27,30)(H,28,31). The van der Waals surface area contributed by atoms with Gasteiger partial charge >= 0.3 is 5.91 Å². The zero-order chi connectivity index (χ0) is 23.2. The first-order valence-electron chi connectivity index (χ1n) is 10.5. The lowest BCUT2D eigenvalue weighted by molar-refractivity contribution is -0.123. The Hall–Kier alpha value is -4.10. The van der Waals surface area contributed by atoms with Crippen LogP contribution in [-0.4, -0.2) is 37.4 Å². The Balaban J connectivity index is 1.40. The number of hydrogen-bond acceptors (Lipinski definition) is 5. The summed E-state index contributed by atoms with van der Waals surface area (Å²) in [4.78, 5) is 27.0. The van der Waals surface area contributed by atoms with E-state index in [1.54, 1.807) is 6.07 Å². The summed E-state index contributed by atoms with van der Waals surface area (Å²) in [5.74, 6) is -0.270. The van der Waals surface area contributed by atoms with Gasteiger partial charge in [0.1, 0.15) is 11.3 Å². The van der Waals surface area contributed by atoms with Crippen LogP contribution < -0.4 is 15.6 Å². The number of para-hydroxylation sites is 2. The Morgan fingerprint density at radius 2 is 1.58 bits per heavy atom. The van der Waals surface area contributed by atoms with Crippen LogP contribution in [0.3, 0.4) is 0 Å². The zero-order valence-corrected chi connectivity index (χ0v) is 18.5. The first kappa shape index (κ1) is 22.1. The van der Waals surface area contributed by atoms with Crippen LogP contribution in [0.5, 0.6) is 5.75 Å². The predicted octanol–water partition coefficient (Wildman–Crippen LogP) is 4.00. The molecule has 0 aliphatic heterocycles. The smallest absolute Gasteiger partial charge is 0.305 e. The zero-order valence-electron chi connectivity index (χ0n) is 18.5. The molecule has 168 valence electrons. The van der Waals surface area contributed by atoms with Crippen LogP contribution in [-0.2, 0) is 11.3 Å². The molecule has 7 heteroatoms. The van der Waals surface area contributed by atoms with E-state index in [1.807, 2.05) is 91.8 Å². The van der Waals surface area contributed by atoms with Gasteiger partial charge in [0.15, 0.2) is 12.4 Å². The third-order valence-electron chi connectivity index (χ3n) is 5.02. The highest BCUT2D eigenvalue weighted by Crippen LogP contribution is 2.29. The highest BCUT2D eigenvalue weighted by molar-refractivity contribution is 5.99. The Morgan fingerprint density at radius 1 is 0.879 bits per heavy atom. The van der Waals surface area contributed by atoms with E-state index < -0.39 is 11.8 Å². The molecule has 0 saturated heterocycles. The van der Waals surface area contributed by atoms with Crippen LogP contribution in [0.4, 0.5) is 0 Å². The van der Waals surface area contributed by atoms with Gasteiger partial charge in [-0.3, -0.25) is 20.4 Å². The lowest BCUT2D eigenvalue weighted by atomic mass is 10.1. The minimum absolute atomic E-state index is 0.167. The topological polar surface area (TPSA) is 83.8 Å². The van der Waals surface area contributed by atoms with Gasteiger partial charge in [-0.1, -0.05) is 66.7 Å². The van der Waals surface area contributed by atoms with Crippen molar-refractivity contribution in [2.45, 2.75) is 6.54 Å². The van der Waals surface area contributed by atoms with E-state index in [0.29, 0.717) is 17.9 Å². The summed E-state index contributed by atoms with van der Waals surface area (Å²) < 4.78 is 11.5. The molecule has 2 N–H and O–H groups in total. The molecule has 0 atom stereocenters. The summed E-state index contributed by atoms with van der Waals surface area (Å²) in [6.45, 7) is 0.266. The molecular formula is C26H25N3O4. The molecule has 0 spiro atoms. The SMILES string of the molecule is CN(C)Cc1c(C(=O)NNC(=O)COc2ccccc2-c2ccccc2)oc2ccccc12. The van der Waals surface area contributed by atoms with Crippen LogP contribution in [0.15, 0.2) is 83.3 Å². The second-order valence-electron chi connectivity index (χ2n) is 7.80. The van der Waals surface area contributed by atoms with E-state index in [9.17, 15) is 9.59 Å². The van der Waals surface area contributed by atoms with Crippen LogP contribution >= 0.6 is 0 Å². The quantitative estimate of drug-likeness (QED) is 0.422. The van der Waals surface area contributed by atoms with Crippen molar-refractivity contribution in [2.75, 3.05) is 20.7 Å². The molecule has 7 nitrogen and oxygen atoms in total. The maximum Gasteiger partial charge on any atom is 0.305 e. The van der Waals surface area contributed by atoms with Crippen LogP contribution in [0.1, 0.15) is 16.1 Å². The molecule has 0 unspecified atom stereocenters. The van der Waals surface area contributed by atoms with E-state index in [0.717, 1.165) is 22.1 Å². The van der Waals surface area contributed by atoms with E-state index in [-0.39, 0.29) is 12.4 Å². The number of ether oxygens (including phenoxy) is 1. The first-order chi connectivity index (χ1) is 16.0. The summed E-state index contributed by atoms with van der Waals surface area (Å²) in [7, 11) is 3.83. The number of nitrogens with one attached hydrogen (secondary N) is 2. The molecule has 4 rings (SSSR count). The van der Waals surface area contributed by atoms with Crippen molar-refractivity contribution >= 4 is 22.8 Å². The van der Waals surface area contributed by atoms with E-state index in [1.165, 1.54) is 0 Å². The molecule has 3 aromatic carbocycles. The molecule has 0 radical (unpaired) electrons. The second-order valence-corrected chi connectivity index (χ2v) is 7.80. The highest BCUT2D eigenvalue weighted by atomic mass is 16.5. The molecule has 1 aromatic heterocycles. The van der Waals surface area contributed by atoms with Gasteiger partial charge in [-0.25, -0.2) is 0 Å². The number of hydrogen-bond donors (Lipinski definition) is 2. The Labute approximate surface area is 191 Å². The van der Waals surface area contributed by atoms with E-state index in [2.05, 4.69) is 10.9 Å². The van der Waals surface area contributed by atoms with Gasteiger partial charge in [0.05, 0.1) is 0 Å². The molecule has 0 bridgehead atoms. The van der Waals surface area contributed by atoms with Crippen molar-refractivity contribution in [3.05, 3.63) is 90.2 Å². The number of nitrogens with zero attached hydrogens (tertiary/aromatic N) is 1. The third-order valence-corrected chi connectivity index (χ3v) is 5.02. The molecule has 0 aliphatic carbocycles. The fraction of sp³-hybridized carbons (Fsp3) is 0.154. The van der Waals surface area contributed by atoms with Gasteiger partial charge in [0.25, 0.3) is 5.91 Å². The van der Waals surface area contributed by atoms with Crippen LogP contribution in [0.2, 0.25) is 0 Å². The summed E-state index contributed by atoms with van der Waals surface area (Å²) in [5, 5.41) is 0.864. The van der Waals surface area contributed by atoms with Gasteiger partial charge in [-0.15, -0.1) is 0 Å². The van der Waals surface area contributed by atoms with Gasteiger partial charge in [-0.05, 0) is 31.8 Å². The van der Waals surface area contributed by atoms with Gasteiger partial charge < -0.3 is 14.1 Å². The molecule has 0 saturated carbocycles. The van der Waals surface area contributed by atoms with Gasteiger partial charge in [0, 0.05) is 23.1 Å². The third kappa shape index (κ3) is 5.22. The predicted molar refractivity (Wildman–Crippen MR) is 127 cm³/mol. The van der Waals surface area contributed by atoms with Crippen molar-refractivity contribution < 1.29 is 18.7 Å². The highest BCUT2D eigenvalue weighted by Gasteiger charge is 2.21. The van der Waals surface area contributed by atoms with Crippen molar-refractivity contribution in [1.29, 1.82) is 0 Å². The monoisotopic (exact) mass is 443 g/mol. The number of fused-ring (bicyclic) bond motifs is 1. The van der Waals surface area contributed by atoms with Crippen LogP contribution in [0, 0.1) is 0 Å². The normalized spacial score (nSPS) is 10.9. The van der Waals surface area contributed by atoms with Gasteiger partial charge in [0.2, 0.25) is 0 Å². The average Bonchev–Trinajstić information content (AvgIpc) is 3.20. The maximum atomic E-state index is 12.8. The lowest BCUT2D eigenvalue weighted by Gasteiger charge is -2.13. The number of rotatable bonds is 7. The molecule has 33 heavy (non-hydrogen) atoms. The summed E-state index contributed by atoms with van der Waals surface area (Å²) >= 11 is 0. The molecule has 4 aromatic rings. The van der Waals surface area contributed by atoms with Crippen molar-refractivity contribution in [1.82, 2.24) is 15.8 Å². The van der Waals surface area contributed by atoms with Crippen LogP contribution in [0.25, 0.3) is 22.1 Å². The minimum atomic E-state index is -0.527. The van der Waals surface area contributed by atoms with Crippen molar-refractivity contribution in [3.63, 3.8) is 0 Å². The Morgan fingerprint density at radius 3 is 2.36 bits per heavy atom. The van der Waals surface area contributed by atoms with E-state index in [4.69, 9.17) is 9.15 Å². The minimum Gasteiger partial charge on any atom is -0.483 e. The van der Waals surface area contributed by atoms with E-state index >= 15 is 0 Å². The molecule has 2 amide bonds. The second kappa shape index (κ2) is 10.0. The molecular weight excluding hydrogens is 418 g/mol. The summed E-state index contributed by atoms with van der Waals surface area (Å²) in [6.07, 6.45) is 0. The number of furan rings is 1.